The molecule has 2 heterocycles. The Balaban J connectivity index is 1.54. The molecule has 1 aliphatic heterocycles. The third kappa shape index (κ3) is 3.95. The molecule has 126 valence electrons. The Hall–Kier alpha value is -2.76. The first-order chi connectivity index (χ1) is 11.8. The summed E-state index contributed by atoms with van der Waals surface area (Å²) in [4.78, 5) is 20.6. The van der Waals surface area contributed by atoms with E-state index in [-0.39, 0.29) is 6.03 Å². The normalized spacial score (nSPS) is 14.4. The number of benzene rings is 1. The molecule has 24 heavy (non-hydrogen) atoms. The number of pyridine rings is 1. The van der Waals surface area contributed by atoms with E-state index in [0.717, 1.165) is 30.2 Å². The van der Waals surface area contributed by atoms with E-state index in [4.69, 9.17) is 4.74 Å². The lowest BCUT2D eigenvalue weighted by Crippen LogP contribution is -2.50. The van der Waals surface area contributed by atoms with E-state index in [9.17, 15) is 4.79 Å². The smallest absolute Gasteiger partial charge is 0.321 e. The number of carbonyl (C=O) groups excluding carboxylic acids is 1. The van der Waals surface area contributed by atoms with Gasteiger partial charge < -0.3 is 19.9 Å². The van der Waals surface area contributed by atoms with Crippen LogP contribution in [0.5, 0.6) is 5.75 Å². The van der Waals surface area contributed by atoms with Gasteiger partial charge in [-0.3, -0.25) is 4.98 Å². The van der Waals surface area contributed by atoms with Gasteiger partial charge in [-0.2, -0.15) is 0 Å². The molecule has 6 nitrogen and oxygen atoms in total. The monoisotopic (exact) mass is 326 g/mol. The molecule has 0 bridgehead atoms. The fourth-order valence-electron chi connectivity index (χ4n) is 2.76. The minimum absolute atomic E-state index is 0.0713. The molecule has 1 aliphatic rings. The zero-order valence-electron chi connectivity index (χ0n) is 13.8. The Labute approximate surface area is 142 Å². The number of rotatable bonds is 4. The van der Waals surface area contributed by atoms with Crippen LogP contribution < -0.4 is 15.0 Å². The van der Waals surface area contributed by atoms with Crippen molar-refractivity contribution in [3.63, 3.8) is 0 Å². The third-order valence-corrected chi connectivity index (χ3v) is 3.99. The van der Waals surface area contributed by atoms with Gasteiger partial charge in [0.25, 0.3) is 0 Å². The Morgan fingerprint density at radius 2 is 1.92 bits per heavy atom. The zero-order chi connectivity index (χ0) is 16.8. The largest absolute Gasteiger partial charge is 0.494 e. The van der Waals surface area contributed by atoms with E-state index >= 15 is 0 Å². The van der Waals surface area contributed by atoms with Gasteiger partial charge in [-0.05, 0) is 31.2 Å². The number of amides is 2. The van der Waals surface area contributed by atoms with Crippen molar-refractivity contribution in [3.8, 4) is 5.75 Å². The number of ether oxygens (including phenoxy) is 1. The lowest BCUT2D eigenvalue weighted by molar-refractivity contribution is 0.208. The highest BCUT2D eigenvalue weighted by Crippen LogP contribution is 2.19. The molecule has 6 heteroatoms. The van der Waals surface area contributed by atoms with Crippen molar-refractivity contribution in [2.75, 3.05) is 43.0 Å². The Kier molecular flexibility index (Phi) is 5.15. The fourth-order valence-corrected chi connectivity index (χ4v) is 2.76. The second-order valence-corrected chi connectivity index (χ2v) is 5.57. The van der Waals surface area contributed by atoms with E-state index in [0.29, 0.717) is 19.7 Å². The second kappa shape index (κ2) is 7.68. The molecule has 1 aromatic carbocycles. The summed E-state index contributed by atoms with van der Waals surface area (Å²) >= 11 is 0. The van der Waals surface area contributed by atoms with E-state index in [1.807, 2.05) is 48.2 Å². The number of nitrogens with zero attached hydrogens (tertiary/aromatic N) is 3. The molecule has 0 unspecified atom stereocenters. The second-order valence-electron chi connectivity index (χ2n) is 5.57. The molecule has 0 aliphatic carbocycles. The predicted octanol–water partition coefficient (Wildman–Crippen LogP) is 2.83. The van der Waals surface area contributed by atoms with Crippen LogP contribution >= 0.6 is 0 Å². The molecule has 1 fully saturated rings. The van der Waals surface area contributed by atoms with Crippen LogP contribution in [0, 0.1) is 0 Å². The molecule has 1 N–H and O–H groups in total. The summed E-state index contributed by atoms with van der Waals surface area (Å²) in [5.74, 6) is 0.762. The quantitative estimate of drug-likeness (QED) is 0.939. The van der Waals surface area contributed by atoms with Crippen molar-refractivity contribution < 1.29 is 9.53 Å². The van der Waals surface area contributed by atoms with E-state index in [1.54, 1.807) is 12.4 Å². The van der Waals surface area contributed by atoms with Gasteiger partial charge in [0, 0.05) is 56.0 Å². The minimum atomic E-state index is -0.0713. The topological polar surface area (TPSA) is 57.7 Å². The lowest BCUT2D eigenvalue weighted by Gasteiger charge is -2.36. The molecule has 1 saturated heterocycles. The lowest BCUT2D eigenvalue weighted by atomic mass is 10.2. The molecule has 2 amide bonds. The van der Waals surface area contributed by atoms with Crippen LogP contribution in [0.4, 0.5) is 16.2 Å². The molecule has 0 saturated carbocycles. The summed E-state index contributed by atoms with van der Waals surface area (Å²) in [6, 6.07) is 11.4. The van der Waals surface area contributed by atoms with E-state index < -0.39 is 0 Å². The SMILES string of the molecule is CCOc1cccc(NC(=O)N2CCN(c3ccncc3)CC2)c1. The number of piperazine rings is 1. The van der Waals surface area contributed by atoms with Crippen molar-refractivity contribution in [1.82, 2.24) is 9.88 Å². The number of anilines is 2. The average Bonchev–Trinajstić information content (AvgIpc) is 2.63. The predicted molar refractivity (Wildman–Crippen MR) is 94.7 cm³/mol. The molecular weight excluding hydrogens is 304 g/mol. The average molecular weight is 326 g/mol. The van der Waals surface area contributed by atoms with Gasteiger partial charge in [0.05, 0.1) is 6.61 Å². The van der Waals surface area contributed by atoms with Gasteiger partial charge in [-0.25, -0.2) is 4.79 Å². The first-order valence-electron chi connectivity index (χ1n) is 8.20. The molecular formula is C18H22N4O2. The number of hydrogen-bond donors (Lipinski definition) is 1. The first-order valence-corrected chi connectivity index (χ1v) is 8.20. The van der Waals surface area contributed by atoms with Crippen LogP contribution in [-0.4, -0.2) is 48.7 Å². The molecule has 2 aromatic rings. The first kappa shape index (κ1) is 16.1. The summed E-state index contributed by atoms with van der Waals surface area (Å²) in [5.41, 5.74) is 1.90. The van der Waals surface area contributed by atoms with Crippen molar-refractivity contribution in [3.05, 3.63) is 48.8 Å². The van der Waals surface area contributed by atoms with Gasteiger partial charge in [-0.1, -0.05) is 6.07 Å². The summed E-state index contributed by atoms with van der Waals surface area (Å²) < 4.78 is 5.46. The minimum Gasteiger partial charge on any atom is -0.494 e. The summed E-state index contributed by atoms with van der Waals surface area (Å²) in [5, 5.41) is 2.94. The van der Waals surface area contributed by atoms with E-state index in [2.05, 4.69) is 15.2 Å². The number of nitrogens with one attached hydrogen (secondary N) is 1. The summed E-state index contributed by atoms with van der Waals surface area (Å²) in [7, 11) is 0. The van der Waals surface area contributed by atoms with Crippen LogP contribution in [0.15, 0.2) is 48.8 Å². The Morgan fingerprint density at radius 3 is 2.62 bits per heavy atom. The van der Waals surface area contributed by atoms with Crippen LogP contribution in [0.1, 0.15) is 6.92 Å². The third-order valence-electron chi connectivity index (χ3n) is 3.99. The van der Waals surface area contributed by atoms with E-state index in [1.165, 1.54) is 0 Å². The van der Waals surface area contributed by atoms with Gasteiger partial charge in [0.2, 0.25) is 0 Å². The van der Waals surface area contributed by atoms with Gasteiger partial charge >= 0.3 is 6.03 Å². The Bertz CT molecular complexity index is 670. The maximum atomic E-state index is 12.4. The number of aromatic nitrogens is 1. The van der Waals surface area contributed by atoms with Gasteiger partial charge in [-0.15, -0.1) is 0 Å². The van der Waals surface area contributed by atoms with Crippen molar-refractivity contribution >= 4 is 17.4 Å². The highest BCUT2D eigenvalue weighted by Gasteiger charge is 2.21. The number of carbonyl (C=O) groups is 1. The van der Waals surface area contributed by atoms with Crippen molar-refractivity contribution in [1.29, 1.82) is 0 Å². The molecule has 3 rings (SSSR count). The molecule has 1 aromatic heterocycles. The summed E-state index contributed by atoms with van der Waals surface area (Å²) in [6.45, 7) is 5.56. The maximum Gasteiger partial charge on any atom is 0.321 e. The highest BCUT2D eigenvalue weighted by atomic mass is 16.5. The van der Waals surface area contributed by atoms with Gasteiger partial charge in [0.1, 0.15) is 5.75 Å². The maximum absolute atomic E-state index is 12.4. The zero-order valence-corrected chi connectivity index (χ0v) is 13.8. The van der Waals surface area contributed by atoms with Crippen molar-refractivity contribution in [2.45, 2.75) is 6.92 Å². The molecule has 0 spiro atoms. The molecule has 0 atom stereocenters. The summed E-state index contributed by atoms with van der Waals surface area (Å²) in [6.07, 6.45) is 3.58. The van der Waals surface area contributed by atoms with Crippen LogP contribution in [0.3, 0.4) is 0 Å². The van der Waals surface area contributed by atoms with Crippen LogP contribution in [0.25, 0.3) is 0 Å². The number of urea groups is 1. The van der Waals surface area contributed by atoms with Crippen molar-refractivity contribution in [2.24, 2.45) is 0 Å². The number of hydrogen-bond acceptors (Lipinski definition) is 4. The molecule has 0 radical (unpaired) electrons. The van der Waals surface area contributed by atoms with Crippen LogP contribution in [-0.2, 0) is 0 Å². The standard InChI is InChI=1S/C18H22N4O2/c1-2-24-17-5-3-4-15(14-17)20-18(23)22-12-10-21(11-13-22)16-6-8-19-9-7-16/h3-9,14H,2,10-13H2,1H3,(H,20,23). The van der Waals surface area contributed by atoms with Crippen LogP contribution in [0.2, 0.25) is 0 Å². The highest BCUT2D eigenvalue weighted by molar-refractivity contribution is 5.89. The fraction of sp³-hybridized carbons (Fsp3) is 0.333. The Morgan fingerprint density at radius 1 is 1.17 bits per heavy atom. The van der Waals surface area contributed by atoms with Gasteiger partial charge in [0.15, 0.2) is 0 Å².